The number of hydrogen-bond acceptors (Lipinski definition) is 7. The first kappa shape index (κ1) is 18.7. The number of carbonyl (C=O) groups excluding carboxylic acids is 1. The van der Waals surface area contributed by atoms with Crippen molar-refractivity contribution >= 4 is 34.8 Å². The van der Waals surface area contributed by atoms with Crippen LogP contribution in [0.2, 0.25) is 0 Å². The van der Waals surface area contributed by atoms with Crippen molar-refractivity contribution in [1.29, 1.82) is 0 Å². The zero-order chi connectivity index (χ0) is 21.2. The molecule has 6 rings (SSSR count). The molecular weight excluding hydrogens is 390 g/mol. The SMILES string of the molecule is CC(C)C1(n2c(C=O)cc3cnc(Nc4ccc(N5CC6(CNC6)C5)nc4)nc32)CC1. The summed E-state index contributed by atoms with van der Waals surface area (Å²) in [6.45, 7) is 8.81. The minimum Gasteiger partial charge on any atom is -0.355 e. The maximum Gasteiger partial charge on any atom is 0.229 e. The first-order valence-electron chi connectivity index (χ1n) is 11.0. The highest BCUT2D eigenvalue weighted by Crippen LogP contribution is 2.51. The number of rotatable bonds is 6. The number of carbonyl (C=O) groups is 1. The van der Waals surface area contributed by atoms with E-state index in [4.69, 9.17) is 4.98 Å². The summed E-state index contributed by atoms with van der Waals surface area (Å²) < 4.78 is 2.13. The van der Waals surface area contributed by atoms with Gasteiger partial charge in [0.05, 0.1) is 17.6 Å². The molecule has 2 aliphatic heterocycles. The quantitative estimate of drug-likeness (QED) is 0.596. The first-order chi connectivity index (χ1) is 15.0. The van der Waals surface area contributed by atoms with Gasteiger partial charge in [-0.2, -0.15) is 4.98 Å². The zero-order valence-electron chi connectivity index (χ0n) is 17.9. The fraction of sp³-hybridized carbons (Fsp3) is 0.478. The number of aldehydes is 1. The second-order valence-corrected chi connectivity index (χ2v) is 9.74. The molecule has 0 atom stereocenters. The Kier molecular flexibility index (Phi) is 3.93. The van der Waals surface area contributed by atoms with Crippen LogP contribution in [-0.2, 0) is 5.54 Å². The summed E-state index contributed by atoms with van der Waals surface area (Å²) in [5.74, 6) is 1.96. The lowest BCUT2D eigenvalue weighted by Gasteiger charge is -2.56. The maximum atomic E-state index is 11.7. The second-order valence-electron chi connectivity index (χ2n) is 9.74. The van der Waals surface area contributed by atoms with Gasteiger partial charge in [0.15, 0.2) is 6.29 Å². The Balaban J connectivity index is 1.25. The van der Waals surface area contributed by atoms with Gasteiger partial charge >= 0.3 is 0 Å². The van der Waals surface area contributed by atoms with Crippen LogP contribution in [0.25, 0.3) is 11.0 Å². The molecule has 1 saturated carbocycles. The molecule has 2 N–H and O–H groups in total. The van der Waals surface area contributed by atoms with Gasteiger partial charge in [-0.1, -0.05) is 13.8 Å². The fourth-order valence-corrected chi connectivity index (χ4v) is 5.22. The summed E-state index contributed by atoms with van der Waals surface area (Å²) in [7, 11) is 0. The molecule has 0 bridgehead atoms. The number of aromatic nitrogens is 4. The van der Waals surface area contributed by atoms with Crippen molar-refractivity contribution in [2.24, 2.45) is 11.3 Å². The molecular formula is C23H27N7O. The van der Waals surface area contributed by atoms with Gasteiger partial charge in [0.25, 0.3) is 0 Å². The average Bonchev–Trinajstić information content (AvgIpc) is 3.42. The summed E-state index contributed by atoms with van der Waals surface area (Å²) in [5.41, 5.74) is 2.80. The van der Waals surface area contributed by atoms with E-state index in [0.29, 0.717) is 23.0 Å². The van der Waals surface area contributed by atoms with Gasteiger partial charge < -0.3 is 20.1 Å². The van der Waals surface area contributed by atoms with E-state index < -0.39 is 0 Å². The minimum atomic E-state index is -0.0165. The molecule has 8 heteroatoms. The van der Waals surface area contributed by atoms with E-state index in [0.717, 1.165) is 67.8 Å². The van der Waals surface area contributed by atoms with Crippen LogP contribution >= 0.6 is 0 Å². The first-order valence-corrected chi connectivity index (χ1v) is 11.0. The normalized spacial score (nSPS) is 20.5. The van der Waals surface area contributed by atoms with Crippen LogP contribution in [-0.4, -0.2) is 52.0 Å². The van der Waals surface area contributed by atoms with E-state index in [1.165, 1.54) is 0 Å². The van der Waals surface area contributed by atoms with Crippen molar-refractivity contribution in [2.75, 3.05) is 36.4 Å². The minimum absolute atomic E-state index is 0.0165. The third-order valence-corrected chi connectivity index (χ3v) is 7.35. The van der Waals surface area contributed by atoms with Crippen LogP contribution in [0.15, 0.2) is 30.6 Å². The fourth-order valence-electron chi connectivity index (χ4n) is 5.22. The number of hydrogen-bond donors (Lipinski definition) is 2. The Hall–Kier alpha value is -3.00. The lowest BCUT2D eigenvalue weighted by atomic mass is 9.74. The van der Waals surface area contributed by atoms with E-state index >= 15 is 0 Å². The molecule has 160 valence electrons. The number of nitrogens with zero attached hydrogens (tertiary/aromatic N) is 5. The van der Waals surface area contributed by atoms with Gasteiger partial charge in [-0.3, -0.25) is 4.79 Å². The van der Waals surface area contributed by atoms with Crippen LogP contribution in [0.1, 0.15) is 37.2 Å². The molecule has 2 saturated heterocycles. The van der Waals surface area contributed by atoms with Crippen molar-refractivity contribution in [1.82, 2.24) is 24.8 Å². The molecule has 0 aromatic carbocycles. The lowest BCUT2D eigenvalue weighted by molar-refractivity contribution is 0.111. The van der Waals surface area contributed by atoms with Gasteiger partial charge in [0.2, 0.25) is 5.95 Å². The monoisotopic (exact) mass is 417 g/mol. The van der Waals surface area contributed by atoms with E-state index in [2.05, 4.69) is 43.9 Å². The third-order valence-electron chi connectivity index (χ3n) is 7.35. The molecule has 0 amide bonds. The van der Waals surface area contributed by atoms with E-state index in [-0.39, 0.29) is 5.54 Å². The molecule has 31 heavy (non-hydrogen) atoms. The molecule has 1 spiro atoms. The predicted molar refractivity (Wildman–Crippen MR) is 120 cm³/mol. The molecule has 3 aliphatic rings. The number of fused-ring (bicyclic) bond motifs is 1. The molecule has 3 fully saturated rings. The Morgan fingerprint density at radius 1 is 1.16 bits per heavy atom. The largest absolute Gasteiger partial charge is 0.355 e. The van der Waals surface area contributed by atoms with Crippen molar-refractivity contribution in [2.45, 2.75) is 32.2 Å². The van der Waals surface area contributed by atoms with Crippen LogP contribution in [0.4, 0.5) is 17.5 Å². The highest BCUT2D eigenvalue weighted by Gasteiger charge is 2.49. The molecule has 8 nitrogen and oxygen atoms in total. The Morgan fingerprint density at radius 3 is 2.55 bits per heavy atom. The van der Waals surface area contributed by atoms with Gasteiger partial charge in [-0.25, -0.2) is 9.97 Å². The van der Waals surface area contributed by atoms with Crippen LogP contribution in [0.3, 0.4) is 0 Å². The third kappa shape index (κ3) is 2.85. The van der Waals surface area contributed by atoms with Crippen LogP contribution in [0, 0.1) is 11.3 Å². The van der Waals surface area contributed by atoms with Gasteiger partial charge in [0.1, 0.15) is 11.5 Å². The average molecular weight is 418 g/mol. The van der Waals surface area contributed by atoms with E-state index in [9.17, 15) is 4.79 Å². The Labute approximate surface area is 181 Å². The summed E-state index contributed by atoms with van der Waals surface area (Å²) in [5, 5.41) is 7.53. The predicted octanol–water partition coefficient (Wildman–Crippen LogP) is 2.94. The summed E-state index contributed by atoms with van der Waals surface area (Å²) in [6.07, 6.45) is 6.69. The van der Waals surface area contributed by atoms with Crippen LogP contribution in [0.5, 0.6) is 0 Å². The van der Waals surface area contributed by atoms with Crippen molar-refractivity contribution in [3.8, 4) is 0 Å². The molecule has 3 aromatic rings. The van der Waals surface area contributed by atoms with Crippen LogP contribution < -0.4 is 15.5 Å². The lowest BCUT2D eigenvalue weighted by Crippen LogP contribution is -2.71. The highest BCUT2D eigenvalue weighted by atomic mass is 16.1. The number of pyridine rings is 1. The highest BCUT2D eigenvalue weighted by molar-refractivity contribution is 5.87. The van der Waals surface area contributed by atoms with E-state index in [1.54, 1.807) is 6.20 Å². The Bertz CT molecular complexity index is 1150. The van der Waals surface area contributed by atoms with Crippen molar-refractivity contribution < 1.29 is 4.79 Å². The molecule has 1 aliphatic carbocycles. The number of anilines is 3. The number of nitrogens with one attached hydrogen (secondary N) is 2. The van der Waals surface area contributed by atoms with Gasteiger partial charge in [0, 0.05) is 48.7 Å². The zero-order valence-corrected chi connectivity index (χ0v) is 17.9. The van der Waals surface area contributed by atoms with E-state index in [1.807, 2.05) is 24.4 Å². The summed E-state index contributed by atoms with van der Waals surface area (Å²) in [4.78, 5) is 27.9. The molecule has 0 radical (unpaired) electrons. The smallest absolute Gasteiger partial charge is 0.229 e. The topological polar surface area (TPSA) is 88.0 Å². The summed E-state index contributed by atoms with van der Waals surface area (Å²) in [6, 6.07) is 5.96. The molecule has 5 heterocycles. The van der Waals surface area contributed by atoms with Crippen molar-refractivity contribution in [3.63, 3.8) is 0 Å². The molecule has 3 aromatic heterocycles. The standard InChI is InChI=1S/C23H27N7O/c1-15(2)23(5-6-23)30-18(10-31)7-16-8-26-21(28-20(16)30)27-17-3-4-19(25-9-17)29-13-22(14-29)11-24-12-22/h3-4,7-10,15,24H,5-6,11-14H2,1-2H3,(H,26,27,28). The van der Waals surface area contributed by atoms with Gasteiger partial charge in [-0.05, 0) is 37.0 Å². The molecule has 0 unspecified atom stereocenters. The maximum absolute atomic E-state index is 11.7. The summed E-state index contributed by atoms with van der Waals surface area (Å²) >= 11 is 0. The van der Waals surface area contributed by atoms with Gasteiger partial charge in [-0.15, -0.1) is 0 Å². The Morgan fingerprint density at radius 2 is 1.97 bits per heavy atom. The second kappa shape index (κ2) is 6.50. The van der Waals surface area contributed by atoms with Crippen molar-refractivity contribution in [3.05, 3.63) is 36.3 Å².